The summed E-state index contributed by atoms with van der Waals surface area (Å²) in [7, 11) is 0. The summed E-state index contributed by atoms with van der Waals surface area (Å²) in [6.07, 6.45) is 0. The molecule has 0 bridgehead atoms. The first-order valence-corrected chi connectivity index (χ1v) is 8.47. The quantitative estimate of drug-likeness (QED) is 0.331. The van der Waals surface area contributed by atoms with Crippen LogP contribution in [0.4, 0.5) is 0 Å². The Morgan fingerprint density at radius 1 is 0.500 bits per heavy atom. The van der Waals surface area contributed by atoms with Crippen molar-refractivity contribution in [2.75, 3.05) is 0 Å². The highest BCUT2D eigenvalue weighted by Gasteiger charge is 1.97. The molecule has 4 rings (SSSR count). The van der Waals surface area contributed by atoms with Crippen LogP contribution in [0.1, 0.15) is 22.3 Å². The molecule has 0 radical (unpaired) electrons. The van der Waals surface area contributed by atoms with Crippen molar-refractivity contribution in [1.82, 2.24) is 0 Å². The van der Waals surface area contributed by atoms with E-state index in [2.05, 4.69) is 100 Å². The van der Waals surface area contributed by atoms with Crippen molar-refractivity contribution in [2.24, 2.45) is 0 Å². The molecule has 0 nitrogen and oxygen atoms in total. The zero-order chi connectivity index (χ0) is 17.1. The van der Waals surface area contributed by atoms with E-state index >= 15 is 0 Å². The average molecular weight is 312 g/mol. The van der Waals surface area contributed by atoms with Gasteiger partial charge in [-0.25, -0.2) is 0 Å². The molecule has 4 aromatic rings. The summed E-state index contributed by atoms with van der Waals surface area (Å²) < 4.78 is 0. The van der Waals surface area contributed by atoms with Crippen LogP contribution in [0.5, 0.6) is 0 Å². The molecule has 120 valence electrons. The molecular weight excluding hydrogens is 288 g/mol. The third kappa shape index (κ3) is 3.33. The van der Waals surface area contributed by atoms with Gasteiger partial charge in [0, 0.05) is 0 Å². The fourth-order valence-corrected chi connectivity index (χ4v) is 3.08. The lowest BCUT2D eigenvalue weighted by Gasteiger charge is -2.04. The number of aryl methyl sites for hydroxylation is 4. The van der Waals surface area contributed by atoms with Gasteiger partial charge in [0.1, 0.15) is 0 Å². The van der Waals surface area contributed by atoms with E-state index in [0.717, 1.165) is 0 Å². The van der Waals surface area contributed by atoms with Gasteiger partial charge in [0.05, 0.1) is 0 Å². The van der Waals surface area contributed by atoms with Crippen molar-refractivity contribution >= 4 is 21.5 Å². The third-order valence-corrected chi connectivity index (χ3v) is 4.72. The Balaban J connectivity index is 0.000000141. The summed E-state index contributed by atoms with van der Waals surface area (Å²) >= 11 is 0. The number of rotatable bonds is 0. The van der Waals surface area contributed by atoms with Crippen LogP contribution in [0.15, 0.2) is 72.8 Å². The Morgan fingerprint density at radius 3 is 2.00 bits per heavy atom. The second-order valence-electron chi connectivity index (χ2n) is 6.53. The molecule has 0 spiro atoms. The summed E-state index contributed by atoms with van der Waals surface area (Å²) in [5.41, 5.74) is 5.45. The molecule has 0 N–H and O–H groups in total. The molecule has 0 atom stereocenters. The van der Waals surface area contributed by atoms with E-state index in [1.54, 1.807) is 0 Å². The van der Waals surface area contributed by atoms with Crippen LogP contribution in [0, 0.1) is 27.7 Å². The predicted octanol–water partition coefficient (Wildman–Crippen LogP) is 6.91. The van der Waals surface area contributed by atoms with E-state index in [-0.39, 0.29) is 0 Å². The Kier molecular flexibility index (Phi) is 4.66. The van der Waals surface area contributed by atoms with Gasteiger partial charge in [-0.3, -0.25) is 0 Å². The number of hydrogen-bond acceptors (Lipinski definition) is 0. The molecule has 24 heavy (non-hydrogen) atoms. The molecule has 0 heteroatoms. The highest BCUT2D eigenvalue weighted by molar-refractivity contribution is 5.87. The fraction of sp³-hybridized carbons (Fsp3) is 0.167. The van der Waals surface area contributed by atoms with Crippen LogP contribution in [0.3, 0.4) is 0 Å². The standard InChI is InChI=1S/2C12H12/c1-9-6-7-11-5-3-4-10(2)12(11)8-9;1-9-7-8-11-5-3-4-6-12(11)10(9)2/h2*3-8H,1-2H3. The Hall–Kier alpha value is -2.60. The topological polar surface area (TPSA) is 0 Å². The normalized spacial score (nSPS) is 10.5. The van der Waals surface area contributed by atoms with Crippen molar-refractivity contribution in [1.29, 1.82) is 0 Å². The third-order valence-electron chi connectivity index (χ3n) is 4.72. The lowest BCUT2D eigenvalue weighted by Crippen LogP contribution is -1.82. The Bertz CT molecular complexity index is 977. The molecular formula is C24H24. The second-order valence-corrected chi connectivity index (χ2v) is 6.53. The molecule has 0 amide bonds. The monoisotopic (exact) mass is 312 g/mol. The summed E-state index contributed by atoms with van der Waals surface area (Å²) in [4.78, 5) is 0. The fourth-order valence-electron chi connectivity index (χ4n) is 3.08. The van der Waals surface area contributed by atoms with E-state index < -0.39 is 0 Å². The number of benzene rings is 4. The van der Waals surface area contributed by atoms with Crippen LogP contribution in [-0.2, 0) is 0 Å². The molecule has 0 aromatic heterocycles. The maximum absolute atomic E-state index is 2.24. The number of hydrogen-bond donors (Lipinski definition) is 0. The van der Waals surface area contributed by atoms with E-state index in [4.69, 9.17) is 0 Å². The van der Waals surface area contributed by atoms with E-state index in [9.17, 15) is 0 Å². The van der Waals surface area contributed by atoms with Crippen LogP contribution < -0.4 is 0 Å². The number of fused-ring (bicyclic) bond motifs is 2. The zero-order valence-corrected chi connectivity index (χ0v) is 14.9. The minimum Gasteiger partial charge on any atom is -0.0616 e. The van der Waals surface area contributed by atoms with Gasteiger partial charge in [0.2, 0.25) is 0 Å². The van der Waals surface area contributed by atoms with Crippen LogP contribution in [-0.4, -0.2) is 0 Å². The molecule has 0 heterocycles. The van der Waals surface area contributed by atoms with E-state index in [0.29, 0.717) is 0 Å². The van der Waals surface area contributed by atoms with Gasteiger partial charge in [0.15, 0.2) is 0 Å². The summed E-state index contributed by atoms with van der Waals surface area (Å²) in [5.74, 6) is 0. The molecule has 0 saturated carbocycles. The van der Waals surface area contributed by atoms with E-state index in [1.807, 2.05) is 0 Å². The van der Waals surface area contributed by atoms with Gasteiger partial charge in [-0.05, 0) is 65.9 Å². The van der Waals surface area contributed by atoms with Crippen molar-refractivity contribution in [3.63, 3.8) is 0 Å². The van der Waals surface area contributed by atoms with Crippen molar-refractivity contribution < 1.29 is 0 Å². The minimum absolute atomic E-state index is 1.33. The van der Waals surface area contributed by atoms with Crippen molar-refractivity contribution in [3.05, 3.63) is 95.1 Å². The van der Waals surface area contributed by atoms with Crippen molar-refractivity contribution in [3.8, 4) is 0 Å². The SMILES string of the molecule is Cc1ccc2cccc(C)c2c1.Cc1ccc2ccccc2c1C. The highest BCUT2D eigenvalue weighted by Crippen LogP contribution is 2.20. The summed E-state index contributed by atoms with van der Waals surface area (Å²) in [5, 5.41) is 5.41. The molecule has 0 fully saturated rings. The van der Waals surface area contributed by atoms with Crippen LogP contribution >= 0.6 is 0 Å². The van der Waals surface area contributed by atoms with Crippen LogP contribution in [0.25, 0.3) is 21.5 Å². The first-order chi connectivity index (χ1) is 11.6. The first-order valence-electron chi connectivity index (χ1n) is 8.47. The molecule has 4 aromatic carbocycles. The second kappa shape index (κ2) is 6.88. The smallest absolute Gasteiger partial charge is 0.0152 e. The Morgan fingerprint density at radius 2 is 1.17 bits per heavy atom. The van der Waals surface area contributed by atoms with Gasteiger partial charge in [-0.2, -0.15) is 0 Å². The Labute approximate surface area is 144 Å². The molecule has 0 aliphatic heterocycles. The van der Waals surface area contributed by atoms with E-state index in [1.165, 1.54) is 43.8 Å². The van der Waals surface area contributed by atoms with Gasteiger partial charge >= 0.3 is 0 Å². The maximum atomic E-state index is 2.24. The highest BCUT2D eigenvalue weighted by atomic mass is 14.0. The van der Waals surface area contributed by atoms with Crippen LogP contribution in [0.2, 0.25) is 0 Å². The lowest BCUT2D eigenvalue weighted by molar-refractivity contribution is 1.38. The minimum atomic E-state index is 1.33. The molecule has 0 unspecified atom stereocenters. The first kappa shape index (κ1) is 16.3. The summed E-state index contributed by atoms with van der Waals surface area (Å²) in [6.45, 7) is 8.62. The molecule has 0 saturated heterocycles. The van der Waals surface area contributed by atoms with Gasteiger partial charge < -0.3 is 0 Å². The maximum Gasteiger partial charge on any atom is -0.0152 e. The molecule has 0 aliphatic rings. The summed E-state index contributed by atoms with van der Waals surface area (Å²) in [6, 6.07) is 25.8. The van der Waals surface area contributed by atoms with Gasteiger partial charge in [-0.15, -0.1) is 0 Å². The van der Waals surface area contributed by atoms with Gasteiger partial charge in [-0.1, -0.05) is 78.4 Å². The lowest BCUT2D eigenvalue weighted by atomic mass is 10.0. The zero-order valence-electron chi connectivity index (χ0n) is 14.9. The van der Waals surface area contributed by atoms with Crippen molar-refractivity contribution in [2.45, 2.75) is 27.7 Å². The predicted molar refractivity (Wildman–Crippen MR) is 107 cm³/mol. The largest absolute Gasteiger partial charge is 0.0616 e. The average Bonchev–Trinajstić information content (AvgIpc) is 2.60. The van der Waals surface area contributed by atoms with Gasteiger partial charge in [0.25, 0.3) is 0 Å². The molecule has 0 aliphatic carbocycles.